The number of rotatable bonds is 6. The van der Waals surface area contributed by atoms with E-state index < -0.39 is 18.1 Å². The van der Waals surface area contributed by atoms with Crippen molar-refractivity contribution in [1.29, 1.82) is 0 Å². The Morgan fingerprint density at radius 3 is 2.22 bits per heavy atom. The van der Waals surface area contributed by atoms with Gasteiger partial charge in [0.1, 0.15) is 5.54 Å². The smallest absolute Gasteiger partial charge is 0.333 e. The van der Waals surface area contributed by atoms with E-state index in [2.05, 4.69) is 5.10 Å². The van der Waals surface area contributed by atoms with Crippen LogP contribution in [0.4, 0.5) is 8.78 Å². The topological polar surface area (TPSA) is 70.1 Å². The Labute approximate surface area is 158 Å². The number of aromatic nitrogens is 2. The lowest BCUT2D eigenvalue weighted by atomic mass is 9.76. The van der Waals surface area contributed by atoms with Gasteiger partial charge in [0, 0.05) is 11.8 Å². The Balaban J connectivity index is 2.37. The maximum Gasteiger partial charge on any atom is 0.333 e. The van der Waals surface area contributed by atoms with E-state index in [1.165, 1.54) is 12.4 Å². The molecule has 27 heavy (non-hydrogen) atoms. The second-order valence-electron chi connectivity index (χ2n) is 8.23. The van der Waals surface area contributed by atoms with Gasteiger partial charge in [-0.25, -0.2) is 9.48 Å². The van der Waals surface area contributed by atoms with E-state index in [9.17, 15) is 13.6 Å². The summed E-state index contributed by atoms with van der Waals surface area (Å²) in [5.74, 6) is -0.481. The molecule has 5 nitrogen and oxygen atoms in total. The highest BCUT2D eigenvalue weighted by Gasteiger charge is 2.41. The van der Waals surface area contributed by atoms with Crippen molar-refractivity contribution in [2.24, 2.45) is 11.1 Å². The molecule has 2 N–H and O–H groups in total. The molecule has 1 aromatic carbocycles. The summed E-state index contributed by atoms with van der Waals surface area (Å²) in [5, 5.41) is 3.64. The average molecular weight is 379 g/mol. The van der Waals surface area contributed by atoms with E-state index in [0.717, 1.165) is 0 Å². The van der Waals surface area contributed by atoms with Crippen molar-refractivity contribution in [3.05, 3.63) is 42.2 Å². The van der Waals surface area contributed by atoms with Crippen molar-refractivity contribution >= 4 is 5.97 Å². The molecule has 0 radical (unpaired) electrons. The third-order valence-electron chi connectivity index (χ3n) is 4.05. The molecule has 0 unspecified atom stereocenters. The number of alkyl halides is 2. The highest BCUT2D eigenvalue weighted by atomic mass is 19.3. The predicted octanol–water partition coefficient (Wildman–Crippen LogP) is 4.49. The van der Waals surface area contributed by atoms with Crippen LogP contribution in [0.25, 0.3) is 11.1 Å². The molecule has 0 saturated carbocycles. The zero-order chi connectivity index (χ0) is 20.4. The lowest BCUT2D eigenvalue weighted by molar-refractivity contribution is -0.156. The molecule has 2 rings (SSSR count). The van der Waals surface area contributed by atoms with Gasteiger partial charge in [-0.2, -0.15) is 13.9 Å². The first kappa shape index (κ1) is 21.0. The molecule has 0 aliphatic carbocycles. The highest BCUT2D eigenvalue weighted by molar-refractivity contribution is 5.83. The number of carbonyl (C=O) groups excluding carboxylic acids is 1. The van der Waals surface area contributed by atoms with E-state index >= 15 is 0 Å². The number of carbonyl (C=O) groups is 1. The molecular formula is C20H27F2N3O2. The third kappa shape index (κ3) is 5.13. The minimum absolute atomic E-state index is 0.207. The number of halogens is 2. The fourth-order valence-electron chi connectivity index (χ4n) is 3.00. The fraction of sp³-hybridized carbons (Fsp3) is 0.500. The Kier molecular flexibility index (Phi) is 6.04. The summed E-state index contributed by atoms with van der Waals surface area (Å²) in [4.78, 5) is 12.7. The van der Waals surface area contributed by atoms with Crippen LogP contribution in [-0.4, -0.2) is 21.9 Å². The molecule has 0 bridgehead atoms. The Morgan fingerprint density at radius 2 is 1.78 bits per heavy atom. The van der Waals surface area contributed by atoms with Crippen LogP contribution < -0.4 is 5.73 Å². The zero-order valence-corrected chi connectivity index (χ0v) is 16.4. The first-order valence-corrected chi connectivity index (χ1v) is 8.85. The van der Waals surface area contributed by atoms with Gasteiger partial charge in [0.25, 0.3) is 0 Å². The summed E-state index contributed by atoms with van der Waals surface area (Å²) in [6.07, 6.45) is 2.77. The van der Waals surface area contributed by atoms with Crippen molar-refractivity contribution in [2.45, 2.75) is 59.2 Å². The minimum Gasteiger partial charge on any atom is -0.461 e. The van der Waals surface area contributed by atoms with Crippen LogP contribution in [0.2, 0.25) is 0 Å². The van der Waals surface area contributed by atoms with E-state index in [1.54, 1.807) is 38.1 Å². The third-order valence-corrected chi connectivity index (χ3v) is 4.05. The average Bonchev–Trinajstić information content (AvgIpc) is 3.03. The largest absolute Gasteiger partial charge is 0.461 e. The molecule has 0 spiro atoms. The molecule has 0 saturated heterocycles. The number of ether oxygens (including phenoxy) is 1. The molecule has 0 aliphatic heterocycles. The molecule has 0 aliphatic rings. The molecule has 0 amide bonds. The number of esters is 1. The molecule has 2 aromatic rings. The van der Waals surface area contributed by atoms with Gasteiger partial charge in [0.15, 0.2) is 0 Å². The Morgan fingerprint density at radius 1 is 1.19 bits per heavy atom. The van der Waals surface area contributed by atoms with Crippen LogP contribution in [0.15, 0.2) is 36.7 Å². The van der Waals surface area contributed by atoms with Gasteiger partial charge in [-0.05, 0) is 36.8 Å². The second-order valence-corrected chi connectivity index (χ2v) is 8.23. The lowest BCUT2D eigenvalue weighted by Crippen LogP contribution is -2.49. The quantitative estimate of drug-likeness (QED) is 0.751. The molecule has 0 fully saturated rings. The first-order valence-electron chi connectivity index (χ1n) is 8.85. The van der Waals surface area contributed by atoms with Crippen LogP contribution in [0.1, 0.15) is 53.2 Å². The minimum atomic E-state index is -2.69. The van der Waals surface area contributed by atoms with Crippen LogP contribution >= 0.6 is 0 Å². The number of benzene rings is 1. The Bertz CT molecular complexity index is 779. The summed E-state index contributed by atoms with van der Waals surface area (Å²) < 4.78 is 31.4. The summed E-state index contributed by atoms with van der Waals surface area (Å²) in [6, 6.07) is 6.97. The number of hydrogen-bond acceptors (Lipinski definition) is 4. The van der Waals surface area contributed by atoms with E-state index in [1.807, 2.05) is 20.8 Å². The predicted molar refractivity (Wildman–Crippen MR) is 100 cm³/mol. The molecule has 1 heterocycles. The maximum atomic E-state index is 12.7. The van der Waals surface area contributed by atoms with Crippen LogP contribution in [0.5, 0.6) is 0 Å². The summed E-state index contributed by atoms with van der Waals surface area (Å²) in [5.41, 5.74) is 6.92. The monoisotopic (exact) mass is 379 g/mol. The number of nitrogens with two attached hydrogens (primary N) is 1. The van der Waals surface area contributed by atoms with Gasteiger partial charge in [-0.3, -0.25) is 0 Å². The normalized spacial score (nSPS) is 14.4. The van der Waals surface area contributed by atoms with E-state index in [-0.39, 0.29) is 11.5 Å². The molecule has 7 heteroatoms. The fourth-order valence-corrected chi connectivity index (χ4v) is 3.00. The summed E-state index contributed by atoms with van der Waals surface area (Å²) in [7, 11) is 0. The summed E-state index contributed by atoms with van der Waals surface area (Å²) >= 11 is 0. The van der Waals surface area contributed by atoms with Gasteiger partial charge in [0.2, 0.25) is 0 Å². The molecule has 148 valence electrons. The zero-order valence-electron chi connectivity index (χ0n) is 16.4. The van der Waals surface area contributed by atoms with Gasteiger partial charge in [-0.15, -0.1) is 0 Å². The lowest BCUT2D eigenvalue weighted by Gasteiger charge is -2.34. The van der Waals surface area contributed by atoms with Gasteiger partial charge in [-0.1, -0.05) is 45.0 Å². The van der Waals surface area contributed by atoms with E-state index in [4.69, 9.17) is 10.5 Å². The van der Waals surface area contributed by atoms with Crippen LogP contribution in [0, 0.1) is 5.41 Å². The maximum absolute atomic E-state index is 12.7. The van der Waals surface area contributed by atoms with Gasteiger partial charge >= 0.3 is 12.5 Å². The standard InChI is InChI=1S/C20H27F2N3O2/c1-13(2)27-17(26)20(23,12-19(3,4)5)16-8-6-14(7-9-16)15-10-24-25(11-15)18(21)22/h6-11,13,18H,12,23H2,1-5H3/t20-/m1/s1. The highest BCUT2D eigenvalue weighted by Crippen LogP contribution is 2.35. The van der Waals surface area contributed by atoms with Crippen LogP contribution in [0.3, 0.4) is 0 Å². The van der Waals surface area contributed by atoms with Crippen molar-refractivity contribution in [3.63, 3.8) is 0 Å². The van der Waals surface area contributed by atoms with Crippen molar-refractivity contribution < 1.29 is 18.3 Å². The Hall–Kier alpha value is -2.28. The molecule has 1 aromatic heterocycles. The second kappa shape index (κ2) is 7.76. The van der Waals surface area contributed by atoms with Gasteiger partial charge < -0.3 is 10.5 Å². The first-order chi connectivity index (χ1) is 12.4. The summed E-state index contributed by atoms with van der Waals surface area (Å²) in [6.45, 7) is 6.88. The molecular weight excluding hydrogens is 352 g/mol. The number of nitrogens with zero attached hydrogens (tertiary/aromatic N) is 2. The van der Waals surface area contributed by atoms with Crippen molar-refractivity contribution in [1.82, 2.24) is 9.78 Å². The van der Waals surface area contributed by atoms with Crippen LogP contribution in [-0.2, 0) is 15.1 Å². The SMILES string of the molecule is CC(C)OC(=O)[C@@](N)(CC(C)(C)C)c1ccc(-c2cnn(C(F)F)c2)cc1. The van der Waals surface area contributed by atoms with Crippen molar-refractivity contribution in [3.8, 4) is 11.1 Å². The number of hydrogen-bond donors (Lipinski definition) is 1. The van der Waals surface area contributed by atoms with Gasteiger partial charge in [0.05, 0.1) is 12.3 Å². The van der Waals surface area contributed by atoms with Crippen molar-refractivity contribution in [2.75, 3.05) is 0 Å². The van der Waals surface area contributed by atoms with E-state index in [0.29, 0.717) is 27.8 Å². The molecule has 1 atom stereocenters.